The summed E-state index contributed by atoms with van der Waals surface area (Å²) >= 11 is 1.41. The zero-order valence-electron chi connectivity index (χ0n) is 11.6. The van der Waals surface area contributed by atoms with Gasteiger partial charge in [0.25, 0.3) is 11.8 Å². The third-order valence-electron chi connectivity index (χ3n) is 2.95. The second-order valence-electron chi connectivity index (χ2n) is 4.51. The van der Waals surface area contributed by atoms with E-state index >= 15 is 0 Å². The van der Waals surface area contributed by atoms with Crippen molar-refractivity contribution in [3.05, 3.63) is 51.5 Å². The van der Waals surface area contributed by atoms with Crippen LogP contribution in [0.5, 0.6) is 0 Å². The smallest absolute Gasteiger partial charge is 0.274 e. The topological polar surface area (TPSA) is 91.3 Å². The zero-order valence-corrected chi connectivity index (χ0v) is 12.4. The van der Waals surface area contributed by atoms with Crippen LogP contribution in [0.4, 0.5) is 0 Å². The molecule has 0 fully saturated rings. The van der Waals surface area contributed by atoms with E-state index in [1.807, 2.05) is 13.8 Å². The van der Waals surface area contributed by atoms with Gasteiger partial charge >= 0.3 is 0 Å². The number of aromatic nitrogens is 1. The van der Waals surface area contributed by atoms with E-state index in [1.54, 1.807) is 35.1 Å². The number of carbonyl (C=O) groups excluding carboxylic acids is 2. The highest BCUT2D eigenvalue weighted by Gasteiger charge is 2.15. The fourth-order valence-corrected chi connectivity index (χ4v) is 2.43. The number of thiazole rings is 1. The van der Waals surface area contributed by atoms with Crippen molar-refractivity contribution in [3.63, 3.8) is 0 Å². The maximum atomic E-state index is 12.0. The molecule has 1 aromatic carbocycles. The molecule has 2 amide bonds. The Bertz CT molecular complexity index is 669. The number of rotatable bonds is 4. The molecule has 2 rings (SSSR count). The summed E-state index contributed by atoms with van der Waals surface area (Å²) in [5.74, 6) is -0.852. The second kappa shape index (κ2) is 6.47. The summed E-state index contributed by atoms with van der Waals surface area (Å²) in [5, 5.41) is 14.0. The van der Waals surface area contributed by atoms with Crippen LogP contribution in [0.3, 0.4) is 0 Å². The summed E-state index contributed by atoms with van der Waals surface area (Å²) in [4.78, 5) is 27.5. The quantitative estimate of drug-likeness (QED) is 0.595. The van der Waals surface area contributed by atoms with E-state index in [-0.39, 0.29) is 11.9 Å². The van der Waals surface area contributed by atoms with Crippen LogP contribution in [-0.2, 0) is 0 Å². The summed E-state index contributed by atoms with van der Waals surface area (Å²) in [6.45, 7) is 3.65. The molecule has 0 aliphatic heterocycles. The van der Waals surface area contributed by atoms with E-state index in [4.69, 9.17) is 5.21 Å². The van der Waals surface area contributed by atoms with Gasteiger partial charge in [-0.3, -0.25) is 14.8 Å². The largest absolute Gasteiger partial charge is 0.344 e. The molecule has 0 saturated carbocycles. The van der Waals surface area contributed by atoms with Crippen molar-refractivity contribution in [1.29, 1.82) is 0 Å². The minimum Gasteiger partial charge on any atom is -0.344 e. The molecule has 21 heavy (non-hydrogen) atoms. The van der Waals surface area contributed by atoms with Crippen molar-refractivity contribution in [3.8, 4) is 0 Å². The average Bonchev–Trinajstić information content (AvgIpc) is 2.93. The molecule has 0 aliphatic rings. The van der Waals surface area contributed by atoms with Crippen molar-refractivity contribution in [2.75, 3.05) is 0 Å². The number of hydrogen-bond donors (Lipinski definition) is 3. The molecule has 110 valence electrons. The van der Waals surface area contributed by atoms with Crippen LogP contribution in [0.25, 0.3) is 0 Å². The Morgan fingerprint density at radius 3 is 2.71 bits per heavy atom. The summed E-state index contributed by atoms with van der Waals surface area (Å²) in [6, 6.07) is 6.39. The lowest BCUT2D eigenvalue weighted by atomic mass is 10.0. The highest BCUT2D eigenvalue weighted by atomic mass is 32.1. The Balaban J connectivity index is 2.11. The molecule has 3 N–H and O–H groups in total. The molecule has 1 atom stereocenters. The number of nitrogens with zero attached hydrogens (tertiary/aromatic N) is 1. The number of amides is 2. The first-order chi connectivity index (χ1) is 10.0. The van der Waals surface area contributed by atoms with Crippen molar-refractivity contribution >= 4 is 23.2 Å². The summed E-state index contributed by atoms with van der Waals surface area (Å²) in [7, 11) is 0. The summed E-state index contributed by atoms with van der Waals surface area (Å²) in [6.07, 6.45) is 0. The van der Waals surface area contributed by atoms with Crippen molar-refractivity contribution in [2.45, 2.75) is 19.9 Å². The monoisotopic (exact) mass is 305 g/mol. The maximum absolute atomic E-state index is 12.0. The van der Waals surface area contributed by atoms with Gasteiger partial charge in [0.1, 0.15) is 5.69 Å². The molecule has 1 unspecified atom stereocenters. The minimum atomic E-state index is -0.592. The van der Waals surface area contributed by atoms with Gasteiger partial charge in [-0.1, -0.05) is 12.1 Å². The zero-order chi connectivity index (χ0) is 15.4. The van der Waals surface area contributed by atoms with Gasteiger partial charge in [-0.15, -0.1) is 11.3 Å². The van der Waals surface area contributed by atoms with Crippen molar-refractivity contribution in [2.24, 2.45) is 0 Å². The normalized spacial score (nSPS) is 11.8. The van der Waals surface area contributed by atoms with Crippen LogP contribution in [0, 0.1) is 6.92 Å². The van der Waals surface area contributed by atoms with Gasteiger partial charge in [-0.25, -0.2) is 10.5 Å². The molecule has 1 heterocycles. The van der Waals surface area contributed by atoms with Gasteiger partial charge in [0, 0.05) is 10.9 Å². The predicted octanol–water partition coefficient (Wildman–Crippen LogP) is 2.06. The Hall–Kier alpha value is -2.25. The molecule has 2 aromatic rings. The second-order valence-corrected chi connectivity index (χ2v) is 5.58. The van der Waals surface area contributed by atoms with Gasteiger partial charge in [-0.05, 0) is 31.5 Å². The lowest BCUT2D eigenvalue weighted by Gasteiger charge is -2.14. The first kappa shape index (κ1) is 15.1. The Labute approximate surface area is 125 Å². The van der Waals surface area contributed by atoms with Crippen LogP contribution in [0.2, 0.25) is 0 Å². The van der Waals surface area contributed by atoms with Gasteiger partial charge < -0.3 is 5.32 Å². The SMILES string of the molecule is Cc1nc(C(=O)NC(C)c2cccc(C(=O)NO)c2)cs1. The van der Waals surface area contributed by atoms with Crippen molar-refractivity contribution < 1.29 is 14.8 Å². The maximum Gasteiger partial charge on any atom is 0.274 e. The van der Waals surface area contributed by atoms with Gasteiger partial charge in [-0.2, -0.15) is 0 Å². The minimum absolute atomic E-state index is 0.260. The Kier molecular flexibility index (Phi) is 4.66. The summed E-state index contributed by atoms with van der Waals surface area (Å²) < 4.78 is 0. The molecule has 0 radical (unpaired) electrons. The Morgan fingerprint density at radius 1 is 1.33 bits per heavy atom. The molecule has 1 aromatic heterocycles. The molecular formula is C14H15N3O3S. The van der Waals surface area contributed by atoms with E-state index in [2.05, 4.69) is 10.3 Å². The number of nitrogens with one attached hydrogen (secondary N) is 2. The van der Waals surface area contributed by atoms with Crippen LogP contribution in [0.1, 0.15) is 44.4 Å². The number of hydrogen-bond acceptors (Lipinski definition) is 5. The first-order valence-corrected chi connectivity index (χ1v) is 7.16. The number of aryl methyl sites for hydroxylation is 1. The molecule has 7 heteroatoms. The number of carbonyl (C=O) groups is 2. The fraction of sp³-hybridized carbons (Fsp3) is 0.214. The van der Waals surface area contributed by atoms with E-state index in [1.165, 1.54) is 11.3 Å². The standard InChI is InChI=1S/C14H15N3O3S/c1-8(15-14(19)12-7-21-9(2)16-12)10-4-3-5-11(6-10)13(18)17-20/h3-8,20H,1-2H3,(H,15,19)(H,17,18). The first-order valence-electron chi connectivity index (χ1n) is 6.28. The molecule has 0 aliphatic carbocycles. The van der Waals surface area contributed by atoms with Crippen LogP contribution in [0.15, 0.2) is 29.6 Å². The third-order valence-corrected chi connectivity index (χ3v) is 3.72. The van der Waals surface area contributed by atoms with E-state index < -0.39 is 5.91 Å². The number of benzene rings is 1. The predicted molar refractivity (Wildman–Crippen MR) is 78.4 cm³/mol. The van der Waals surface area contributed by atoms with Crippen LogP contribution < -0.4 is 10.8 Å². The molecule has 6 nitrogen and oxygen atoms in total. The van der Waals surface area contributed by atoms with Gasteiger partial charge in [0.2, 0.25) is 0 Å². The lowest BCUT2D eigenvalue weighted by molar-refractivity contribution is 0.0706. The molecular weight excluding hydrogens is 290 g/mol. The summed E-state index contributed by atoms with van der Waals surface area (Å²) in [5.41, 5.74) is 3.05. The van der Waals surface area contributed by atoms with E-state index in [0.717, 1.165) is 10.6 Å². The van der Waals surface area contributed by atoms with Gasteiger partial charge in [0.15, 0.2) is 0 Å². The molecule has 0 spiro atoms. The van der Waals surface area contributed by atoms with Crippen molar-refractivity contribution in [1.82, 2.24) is 15.8 Å². The fourth-order valence-electron chi connectivity index (χ4n) is 1.84. The number of hydroxylamine groups is 1. The van der Waals surface area contributed by atoms with E-state index in [9.17, 15) is 9.59 Å². The average molecular weight is 305 g/mol. The van der Waals surface area contributed by atoms with Crippen LogP contribution in [-0.4, -0.2) is 22.0 Å². The molecule has 0 bridgehead atoms. The lowest BCUT2D eigenvalue weighted by Crippen LogP contribution is -2.27. The van der Waals surface area contributed by atoms with Crippen LogP contribution >= 0.6 is 11.3 Å². The van der Waals surface area contributed by atoms with E-state index in [0.29, 0.717) is 11.3 Å². The highest BCUT2D eigenvalue weighted by molar-refractivity contribution is 7.09. The third kappa shape index (κ3) is 3.65. The Morgan fingerprint density at radius 2 is 2.10 bits per heavy atom. The van der Waals surface area contributed by atoms with Gasteiger partial charge in [0.05, 0.1) is 11.0 Å². The molecule has 0 saturated heterocycles. The highest BCUT2D eigenvalue weighted by Crippen LogP contribution is 2.16.